The molecule has 1 aliphatic heterocycles. The molecule has 2 rings (SSSR count). The molecule has 0 aliphatic carbocycles. The van der Waals surface area contributed by atoms with E-state index in [1.807, 2.05) is 0 Å². The smallest absolute Gasteiger partial charge is 0.173 e. The molecular weight excluding hydrogens is 230 g/mol. The Labute approximate surface area is 106 Å². The molecule has 98 valence electrons. The van der Waals surface area contributed by atoms with Gasteiger partial charge in [0.1, 0.15) is 0 Å². The zero-order valence-corrected chi connectivity index (χ0v) is 10.8. The lowest BCUT2D eigenvalue weighted by Gasteiger charge is -2.37. The fourth-order valence-electron chi connectivity index (χ4n) is 2.14. The second-order valence-electron chi connectivity index (χ2n) is 5.40. The highest BCUT2D eigenvalue weighted by atomic mass is 16.4. The number of aromatic nitrogens is 2. The van der Waals surface area contributed by atoms with Crippen LogP contribution in [0.15, 0.2) is 17.4 Å². The summed E-state index contributed by atoms with van der Waals surface area (Å²) in [6, 6.07) is 1.72. The maximum absolute atomic E-state index is 8.79. The molecule has 6 nitrogen and oxygen atoms in total. The second-order valence-corrected chi connectivity index (χ2v) is 5.40. The van der Waals surface area contributed by atoms with Gasteiger partial charge in [0.25, 0.3) is 0 Å². The van der Waals surface area contributed by atoms with Gasteiger partial charge in [0.05, 0.1) is 11.8 Å². The van der Waals surface area contributed by atoms with Crippen molar-refractivity contribution in [1.82, 2.24) is 10.2 Å². The summed E-state index contributed by atoms with van der Waals surface area (Å²) in [6.45, 7) is 6.37. The minimum Gasteiger partial charge on any atom is -0.409 e. The fourth-order valence-corrected chi connectivity index (χ4v) is 2.14. The Balaban J connectivity index is 2.24. The Bertz CT molecular complexity index is 448. The van der Waals surface area contributed by atoms with Gasteiger partial charge < -0.3 is 15.8 Å². The number of nitrogens with zero attached hydrogens (tertiary/aromatic N) is 4. The van der Waals surface area contributed by atoms with Crippen molar-refractivity contribution >= 4 is 11.7 Å². The molecule has 1 aliphatic rings. The van der Waals surface area contributed by atoms with Crippen LogP contribution >= 0.6 is 0 Å². The van der Waals surface area contributed by atoms with Crippen LogP contribution in [0.2, 0.25) is 0 Å². The van der Waals surface area contributed by atoms with E-state index in [0.29, 0.717) is 16.8 Å². The molecule has 0 aromatic carbocycles. The lowest BCUT2D eigenvalue weighted by molar-refractivity contribution is 0.279. The molecule has 1 saturated heterocycles. The number of hydrogen-bond acceptors (Lipinski definition) is 5. The Morgan fingerprint density at radius 3 is 2.72 bits per heavy atom. The van der Waals surface area contributed by atoms with Crippen molar-refractivity contribution in [3.8, 4) is 0 Å². The highest BCUT2D eigenvalue weighted by Gasteiger charge is 2.27. The Kier molecular flexibility index (Phi) is 3.36. The van der Waals surface area contributed by atoms with Gasteiger partial charge in [-0.15, -0.1) is 5.10 Å². The largest absolute Gasteiger partial charge is 0.409 e. The van der Waals surface area contributed by atoms with Gasteiger partial charge in [-0.2, -0.15) is 5.10 Å². The summed E-state index contributed by atoms with van der Waals surface area (Å²) in [7, 11) is 0. The van der Waals surface area contributed by atoms with Crippen LogP contribution < -0.4 is 10.6 Å². The van der Waals surface area contributed by atoms with Gasteiger partial charge in [-0.1, -0.05) is 19.0 Å². The third kappa shape index (κ3) is 2.52. The van der Waals surface area contributed by atoms with E-state index in [4.69, 9.17) is 10.9 Å². The summed E-state index contributed by atoms with van der Waals surface area (Å²) in [4.78, 5) is 2.14. The zero-order chi connectivity index (χ0) is 13.2. The molecule has 1 aromatic heterocycles. The van der Waals surface area contributed by atoms with E-state index < -0.39 is 0 Å². The van der Waals surface area contributed by atoms with Gasteiger partial charge in [-0.05, 0) is 24.3 Å². The number of anilines is 1. The van der Waals surface area contributed by atoms with Crippen molar-refractivity contribution in [2.24, 2.45) is 16.3 Å². The van der Waals surface area contributed by atoms with Crippen molar-refractivity contribution in [3.63, 3.8) is 0 Å². The Morgan fingerprint density at radius 2 is 2.11 bits per heavy atom. The van der Waals surface area contributed by atoms with Crippen molar-refractivity contribution < 1.29 is 5.21 Å². The summed E-state index contributed by atoms with van der Waals surface area (Å²) in [5.41, 5.74) is 6.66. The van der Waals surface area contributed by atoms with Crippen LogP contribution in [0.5, 0.6) is 0 Å². The molecule has 6 heteroatoms. The van der Waals surface area contributed by atoms with E-state index in [0.717, 1.165) is 25.9 Å². The predicted octanol–water partition coefficient (Wildman–Crippen LogP) is 1.20. The van der Waals surface area contributed by atoms with Crippen LogP contribution in [0.25, 0.3) is 0 Å². The normalized spacial score (nSPS) is 19.9. The van der Waals surface area contributed by atoms with Crippen LogP contribution in [-0.4, -0.2) is 34.3 Å². The van der Waals surface area contributed by atoms with Gasteiger partial charge in [0, 0.05) is 13.1 Å². The molecule has 0 amide bonds. The second kappa shape index (κ2) is 4.80. The molecule has 0 bridgehead atoms. The average Bonchev–Trinajstić information content (AvgIpc) is 2.38. The average molecular weight is 249 g/mol. The Morgan fingerprint density at radius 1 is 1.44 bits per heavy atom. The molecule has 2 heterocycles. The highest BCUT2D eigenvalue weighted by molar-refractivity contribution is 6.01. The van der Waals surface area contributed by atoms with E-state index in [1.54, 1.807) is 12.3 Å². The number of oxime groups is 1. The summed E-state index contributed by atoms with van der Waals surface area (Å²) >= 11 is 0. The Hall–Kier alpha value is -1.85. The molecule has 1 aromatic rings. The van der Waals surface area contributed by atoms with Crippen molar-refractivity contribution in [2.45, 2.75) is 26.7 Å². The number of hydrogen-bond donors (Lipinski definition) is 2. The first-order chi connectivity index (χ1) is 8.53. The van der Waals surface area contributed by atoms with Crippen LogP contribution in [0.4, 0.5) is 5.82 Å². The van der Waals surface area contributed by atoms with Crippen molar-refractivity contribution in [1.29, 1.82) is 0 Å². The molecule has 3 N–H and O–H groups in total. The summed E-state index contributed by atoms with van der Waals surface area (Å²) in [6.07, 6.45) is 3.74. The predicted molar refractivity (Wildman–Crippen MR) is 69.8 cm³/mol. The summed E-state index contributed by atoms with van der Waals surface area (Å²) < 4.78 is 0. The van der Waals surface area contributed by atoms with Crippen LogP contribution in [0, 0.1) is 5.41 Å². The van der Waals surface area contributed by atoms with E-state index in [9.17, 15) is 0 Å². The number of rotatable bonds is 2. The third-order valence-corrected chi connectivity index (χ3v) is 3.50. The first-order valence-corrected chi connectivity index (χ1v) is 6.08. The van der Waals surface area contributed by atoms with Crippen molar-refractivity contribution in [2.75, 3.05) is 18.0 Å². The minimum absolute atomic E-state index is 0.0738. The van der Waals surface area contributed by atoms with E-state index in [2.05, 4.69) is 34.1 Å². The lowest BCUT2D eigenvalue weighted by Crippen LogP contribution is -2.39. The molecular formula is C12H19N5O. The molecule has 0 saturated carbocycles. The molecule has 1 fully saturated rings. The summed E-state index contributed by atoms with van der Waals surface area (Å²) in [5.74, 6) is 0.771. The number of amidine groups is 1. The van der Waals surface area contributed by atoms with Gasteiger partial charge in [0.15, 0.2) is 11.7 Å². The number of piperidine rings is 1. The number of nitrogens with two attached hydrogens (primary N) is 1. The van der Waals surface area contributed by atoms with Crippen LogP contribution in [0.1, 0.15) is 32.3 Å². The lowest BCUT2D eigenvalue weighted by atomic mass is 9.82. The molecule has 0 unspecified atom stereocenters. The molecule has 0 radical (unpaired) electrons. The van der Waals surface area contributed by atoms with Gasteiger partial charge in [-0.3, -0.25) is 0 Å². The maximum Gasteiger partial charge on any atom is 0.173 e. The standard InChI is InChI=1S/C12H19N5O/c1-12(2)4-7-17(8-5-12)11-9(10(13)16-18)3-6-14-15-11/h3,6,18H,4-5,7-8H2,1-2H3,(H2,13,16). The SMILES string of the molecule is CC1(C)CCN(c2nnccc2/C(N)=N/O)CC1. The molecule has 18 heavy (non-hydrogen) atoms. The monoisotopic (exact) mass is 249 g/mol. The van der Waals surface area contributed by atoms with E-state index in [-0.39, 0.29) is 5.84 Å². The van der Waals surface area contributed by atoms with Crippen LogP contribution in [0.3, 0.4) is 0 Å². The minimum atomic E-state index is 0.0738. The summed E-state index contributed by atoms with van der Waals surface area (Å²) in [5, 5.41) is 19.8. The van der Waals surface area contributed by atoms with Crippen LogP contribution in [-0.2, 0) is 0 Å². The van der Waals surface area contributed by atoms with Gasteiger partial charge >= 0.3 is 0 Å². The third-order valence-electron chi connectivity index (χ3n) is 3.50. The van der Waals surface area contributed by atoms with Crippen molar-refractivity contribution in [3.05, 3.63) is 17.8 Å². The first kappa shape index (κ1) is 12.6. The van der Waals surface area contributed by atoms with E-state index >= 15 is 0 Å². The zero-order valence-electron chi connectivity index (χ0n) is 10.8. The maximum atomic E-state index is 8.79. The van der Waals surface area contributed by atoms with Gasteiger partial charge in [-0.25, -0.2) is 0 Å². The molecule has 0 spiro atoms. The topological polar surface area (TPSA) is 87.6 Å². The highest BCUT2D eigenvalue weighted by Crippen LogP contribution is 2.32. The first-order valence-electron chi connectivity index (χ1n) is 6.08. The fraction of sp³-hybridized carbons (Fsp3) is 0.583. The molecule has 0 atom stereocenters. The van der Waals surface area contributed by atoms with E-state index in [1.165, 1.54) is 0 Å². The quantitative estimate of drug-likeness (QED) is 0.356. The van der Waals surface area contributed by atoms with Gasteiger partial charge in [0.2, 0.25) is 0 Å².